The highest BCUT2D eigenvalue weighted by molar-refractivity contribution is 6.01. The monoisotopic (exact) mass is 471 g/mol. The molecule has 1 N–H and O–H groups in total. The third kappa shape index (κ3) is 5.47. The lowest BCUT2D eigenvalue weighted by Crippen LogP contribution is -2.44. The van der Waals surface area contributed by atoms with Crippen LogP contribution < -0.4 is 19.5 Å². The van der Waals surface area contributed by atoms with Gasteiger partial charge >= 0.3 is 0 Å². The highest BCUT2D eigenvalue weighted by Gasteiger charge is 2.34. The van der Waals surface area contributed by atoms with Gasteiger partial charge in [0, 0.05) is 31.2 Å². The van der Waals surface area contributed by atoms with Crippen LogP contribution in [0.15, 0.2) is 30.3 Å². The number of amides is 1. The van der Waals surface area contributed by atoms with Gasteiger partial charge in [0.25, 0.3) is 5.91 Å². The number of methoxy groups -OCH3 is 3. The number of benzene rings is 2. The van der Waals surface area contributed by atoms with Crippen molar-refractivity contribution < 1.29 is 28.5 Å². The van der Waals surface area contributed by atoms with Crippen molar-refractivity contribution in [2.45, 2.75) is 64.9 Å². The van der Waals surface area contributed by atoms with Crippen LogP contribution in [0.5, 0.6) is 17.2 Å². The van der Waals surface area contributed by atoms with Crippen molar-refractivity contribution in [1.29, 1.82) is 0 Å². The smallest absolute Gasteiger partial charge is 0.251 e. The lowest BCUT2D eigenvalue weighted by molar-refractivity contribution is -0.269. The number of hydrogen-bond acceptors (Lipinski definition) is 6. The predicted octanol–water partition coefficient (Wildman–Crippen LogP) is 5.34. The molecule has 2 aromatic rings. The summed E-state index contributed by atoms with van der Waals surface area (Å²) in [6.07, 6.45) is 2.84. The van der Waals surface area contributed by atoms with E-state index < -0.39 is 11.4 Å². The zero-order valence-electron chi connectivity index (χ0n) is 21.4. The SMILES string of the molecule is CCCCC(C)(OC)OC(C)(C)COc1c(-c2cccc3c2CNC3=O)ccc(OC)c1OC. The van der Waals surface area contributed by atoms with Crippen molar-refractivity contribution in [2.24, 2.45) is 0 Å². The molecule has 34 heavy (non-hydrogen) atoms. The maximum Gasteiger partial charge on any atom is 0.251 e. The van der Waals surface area contributed by atoms with E-state index in [1.54, 1.807) is 21.3 Å². The van der Waals surface area contributed by atoms with Gasteiger partial charge in [0.2, 0.25) is 5.75 Å². The van der Waals surface area contributed by atoms with E-state index >= 15 is 0 Å². The summed E-state index contributed by atoms with van der Waals surface area (Å²) in [5, 5.41) is 2.90. The average Bonchev–Trinajstić information content (AvgIpc) is 3.21. The van der Waals surface area contributed by atoms with Gasteiger partial charge in [-0.05, 0) is 56.5 Å². The lowest BCUT2D eigenvalue weighted by atomic mass is 9.95. The zero-order chi connectivity index (χ0) is 24.9. The number of nitrogens with one attached hydrogen (secondary N) is 1. The molecule has 1 amide bonds. The predicted molar refractivity (Wildman–Crippen MR) is 132 cm³/mol. The van der Waals surface area contributed by atoms with Crippen LogP contribution in [0.1, 0.15) is 62.9 Å². The van der Waals surface area contributed by atoms with E-state index in [0.717, 1.165) is 36.0 Å². The molecule has 0 fully saturated rings. The number of ether oxygens (including phenoxy) is 5. The van der Waals surface area contributed by atoms with Gasteiger partial charge in [-0.15, -0.1) is 0 Å². The fourth-order valence-electron chi connectivity index (χ4n) is 4.31. The average molecular weight is 472 g/mol. The molecule has 3 rings (SSSR count). The molecule has 0 saturated heterocycles. The van der Waals surface area contributed by atoms with Gasteiger partial charge in [0.15, 0.2) is 17.3 Å². The van der Waals surface area contributed by atoms with E-state index in [0.29, 0.717) is 29.4 Å². The minimum Gasteiger partial charge on any atom is -0.493 e. The van der Waals surface area contributed by atoms with Gasteiger partial charge in [-0.25, -0.2) is 0 Å². The van der Waals surface area contributed by atoms with E-state index in [1.807, 2.05) is 51.1 Å². The molecule has 0 spiro atoms. The molecular formula is C27H37NO6. The van der Waals surface area contributed by atoms with E-state index in [2.05, 4.69) is 12.2 Å². The number of hydrogen-bond donors (Lipinski definition) is 1. The zero-order valence-corrected chi connectivity index (χ0v) is 21.4. The molecule has 1 atom stereocenters. The molecule has 1 aliphatic rings. The number of rotatable bonds is 12. The highest BCUT2D eigenvalue weighted by atomic mass is 16.7. The Hall–Kier alpha value is -2.77. The van der Waals surface area contributed by atoms with Crippen molar-refractivity contribution in [1.82, 2.24) is 5.32 Å². The Kier molecular flexibility index (Phi) is 8.10. The van der Waals surface area contributed by atoms with Gasteiger partial charge < -0.3 is 29.0 Å². The summed E-state index contributed by atoms with van der Waals surface area (Å²) in [6.45, 7) is 8.78. The fourth-order valence-corrected chi connectivity index (χ4v) is 4.31. The van der Waals surface area contributed by atoms with Gasteiger partial charge in [-0.2, -0.15) is 0 Å². The summed E-state index contributed by atoms with van der Waals surface area (Å²) >= 11 is 0. The number of unbranched alkanes of at least 4 members (excludes halogenated alkanes) is 1. The van der Waals surface area contributed by atoms with Crippen LogP contribution in [0.3, 0.4) is 0 Å². The number of carbonyl (C=O) groups excluding carboxylic acids is 1. The summed E-state index contributed by atoms with van der Waals surface area (Å²) in [4.78, 5) is 12.2. The molecule has 0 saturated carbocycles. The molecule has 7 nitrogen and oxygen atoms in total. The summed E-state index contributed by atoms with van der Waals surface area (Å²) in [7, 11) is 4.85. The maximum atomic E-state index is 12.2. The molecule has 1 aliphatic heterocycles. The minimum absolute atomic E-state index is 0.0692. The molecular weight excluding hydrogens is 434 g/mol. The van der Waals surface area contributed by atoms with Gasteiger partial charge in [0.05, 0.1) is 19.8 Å². The standard InChI is InChI=1S/C27H37NO6/c1-8-9-15-27(4,32-7)34-26(2,3)17-33-23-19(13-14-22(30-5)24(23)31-6)18-11-10-12-20-21(18)16-28-25(20)29/h10-14H,8-9,15-17H2,1-7H3,(H,28,29). The van der Waals surface area contributed by atoms with Gasteiger partial charge in [-0.1, -0.05) is 25.5 Å². The van der Waals surface area contributed by atoms with Crippen LogP contribution in [-0.2, 0) is 16.0 Å². The first-order valence-electron chi connectivity index (χ1n) is 11.7. The molecule has 1 heterocycles. The Morgan fingerprint density at radius 3 is 2.32 bits per heavy atom. The summed E-state index contributed by atoms with van der Waals surface area (Å²) < 4.78 is 29.7. The van der Waals surface area contributed by atoms with Crippen LogP contribution in [0.4, 0.5) is 0 Å². The Morgan fingerprint density at radius 1 is 0.941 bits per heavy atom. The third-order valence-corrected chi connectivity index (χ3v) is 6.11. The normalized spacial score (nSPS) is 14.9. The molecule has 186 valence electrons. The van der Waals surface area contributed by atoms with Gasteiger partial charge in [-0.3, -0.25) is 4.79 Å². The first-order valence-corrected chi connectivity index (χ1v) is 11.7. The quantitative estimate of drug-likeness (QED) is 0.421. The van der Waals surface area contributed by atoms with Crippen molar-refractivity contribution >= 4 is 5.91 Å². The summed E-state index contributed by atoms with van der Waals surface area (Å²) in [5.41, 5.74) is 2.69. The van der Waals surface area contributed by atoms with Crippen LogP contribution in [0.25, 0.3) is 11.1 Å². The van der Waals surface area contributed by atoms with Crippen LogP contribution in [-0.4, -0.2) is 45.2 Å². The molecule has 0 bridgehead atoms. The first-order chi connectivity index (χ1) is 16.2. The van der Waals surface area contributed by atoms with E-state index in [1.165, 1.54) is 0 Å². The van der Waals surface area contributed by atoms with Crippen LogP contribution in [0.2, 0.25) is 0 Å². The van der Waals surface area contributed by atoms with E-state index in [4.69, 9.17) is 23.7 Å². The number of carbonyl (C=O) groups is 1. The molecule has 1 unspecified atom stereocenters. The first kappa shape index (κ1) is 25.8. The van der Waals surface area contributed by atoms with E-state index in [-0.39, 0.29) is 12.5 Å². The minimum atomic E-state index is -0.712. The molecule has 7 heteroatoms. The Balaban J connectivity index is 1.97. The summed E-state index contributed by atoms with van der Waals surface area (Å²) in [6, 6.07) is 9.48. The molecule has 0 aromatic heterocycles. The van der Waals surface area contributed by atoms with Crippen molar-refractivity contribution in [3.05, 3.63) is 41.5 Å². The van der Waals surface area contributed by atoms with Crippen LogP contribution >= 0.6 is 0 Å². The second kappa shape index (κ2) is 10.7. The van der Waals surface area contributed by atoms with Crippen molar-refractivity contribution in [3.63, 3.8) is 0 Å². The Labute approximate surface area is 202 Å². The Bertz CT molecular complexity index is 1020. The highest BCUT2D eigenvalue weighted by Crippen LogP contribution is 2.46. The molecule has 0 aliphatic carbocycles. The fraction of sp³-hybridized carbons (Fsp3) is 0.519. The van der Waals surface area contributed by atoms with Crippen LogP contribution in [0, 0.1) is 0 Å². The third-order valence-electron chi connectivity index (χ3n) is 6.11. The van der Waals surface area contributed by atoms with Gasteiger partial charge in [0.1, 0.15) is 6.61 Å². The van der Waals surface area contributed by atoms with E-state index in [9.17, 15) is 4.79 Å². The Morgan fingerprint density at radius 2 is 1.68 bits per heavy atom. The largest absolute Gasteiger partial charge is 0.493 e. The lowest BCUT2D eigenvalue weighted by Gasteiger charge is -2.37. The maximum absolute atomic E-state index is 12.2. The summed E-state index contributed by atoms with van der Waals surface area (Å²) in [5.74, 6) is 0.813. The topological polar surface area (TPSA) is 75.2 Å². The number of fused-ring (bicyclic) bond motifs is 1. The van der Waals surface area contributed by atoms with Crippen molar-refractivity contribution in [3.8, 4) is 28.4 Å². The molecule has 0 radical (unpaired) electrons. The second-order valence-electron chi connectivity index (χ2n) is 9.28. The molecule has 2 aromatic carbocycles. The van der Waals surface area contributed by atoms with Crippen molar-refractivity contribution in [2.75, 3.05) is 27.9 Å². The second-order valence-corrected chi connectivity index (χ2v) is 9.28.